The zero-order valence-electron chi connectivity index (χ0n) is 14.5. The number of thiocarbonyl (C=S) groups is 1. The lowest BCUT2D eigenvalue weighted by Gasteiger charge is -2.09. The van der Waals surface area contributed by atoms with Crippen LogP contribution in [0.5, 0.6) is 0 Å². The average molecular weight is 395 g/mol. The van der Waals surface area contributed by atoms with E-state index in [2.05, 4.69) is 6.92 Å². The van der Waals surface area contributed by atoms with Crippen molar-refractivity contribution in [2.45, 2.75) is 82.8 Å². The fourth-order valence-corrected chi connectivity index (χ4v) is 4.78. The van der Waals surface area contributed by atoms with Gasteiger partial charge >= 0.3 is 11.9 Å². The van der Waals surface area contributed by atoms with Crippen molar-refractivity contribution in [3.05, 3.63) is 0 Å². The standard InChI is InChI=1S/C17H30O4S3/c1-2-3-4-5-6-7-8-9-10-11-12-23-17(22)24-14(16(20)21)13-15(18)19/h14H,2-13H2,1H3,(H,18,19)(H,20,21). The van der Waals surface area contributed by atoms with E-state index in [0.29, 0.717) is 3.53 Å². The highest BCUT2D eigenvalue weighted by Gasteiger charge is 2.23. The molecule has 24 heavy (non-hydrogen) atoms. The van der Waals surface area contributed by atoms with Crippen LogP contribution in [0.2, 0.25) is 0 Å². The van der Waals surface area contributed by atoms with Crippen molar-refractivity contribution in [3.63, 3.8) is 0 Å². The van der Waals surface area contributed by atoms with Crippen LogP contribution in [0.1, 0.15) is 77.6 Å². The van der Waals surface area contributed by atoms with Gasteiger partial charge in [0.1, 0.15) is 8.78 Å². The van der Waals surface area contributed by atoms with E-state index in [-0.39, 0.29) is 0 Å². The predicted octanol–water partition coefficient (Wildman–Crippen LogP) is 5.59. The largest absolute Gasteiger partial charge is 0.481 e. The summed E-state index contributed by atoms with van der Waals surface area (Å²) in [6.45, 7) is 2.23. The number of thioether (sulfide) groups is 2. The summed E-state index contributed by atoms with van der Waals surface area (Å²) in [6.07, 6.45) is 12.4. The van der Waals surface area contributed by atoms with Gasteiger partial charge in [0.05, 0.1) is 6.42 Å². The fraction of sp³-hybridized carbons (Fsp3) is 0.824. The molecule has 0 saturated heterocycles. The second kappa shape index (κ2) is 16.2. The number of aliphatic carboxylic acids is 2. The van der Waals surface area contributed by atoms with Gasteiger partial charge in [0.2, 0.25) is 0 Å². The summed E-state index contributed by atoms with van der Waals surface area (Å²) in [5.74, 6) is -1.36. The van der Waals surface area contributed by atoms with Crippen LogP contribution in [-0.4, -0.2) is 36.7 Å². The van der Waals surface area contributed by atoms with Crippen LogP contribution in [0.25, 0.3) is 0 Å². The van der Waals surface area contributed by atoms with Gasteiger partial charge in [-0.2, -0.15) is 0 Å². The van der Waals surface area contributed by atoms with Crippen molar-refractivity contribution in [3.8, 4) is 0 Å². The molecule has 0 aliphatic heterocycles. The number of hydrogen-bond acceptors (Lipinski definition) is 5. The Labute approximate surface area is 159 Å². The Hall–Kier alpha value is -0.270. The molecule has 0 radical (unpaired) electrons. The highest BCUT2D eigenvalue weighted by atomic mass is 32.2. The Balaban J connectivity index is 3.54. The SMILES string of the molecule is CCCCCCCCCCCCSC(=S)SC(CC(=O)O)C(=O)O. The number of carbonyl (C=O) groups is 2. The Morgan fingerprint density at radius 1 is 0.917 bits per heavy atom. The molecule has 2 N–H and O–H groups in total. The van der Waals surface area contributed by atoms with Gasteiger partial charge in [-0.1, -0.05) is 88.7 Å². The Morgan fingerprint density at radius 2 is 1.42 bits per heavy atom. The summed E-state index contributed by atoms with van der Waals surface area (Å²) in [5.41, 5.74) is 0. The molecule has 7 heteroatoms. The molecule has 1 atom stereocenters. The van der Waals surface area contributed by atoms with E-state index in [1.807, 2.05) is 0 Å². The van der Waals surface area contributed by atoms with Crippen LogP contribution in [0.15, 0.2) is 0 Å². The quantitative estimate of drug-likeness (QED) is 0.277. The van der Waals surface area contributed by atoms with Gasteiger partial charge in [-0.15, -0.1) is 11.8 Å². The Morgan fingerprint density at radius 3 is 1.88 bits per heavy atom. The minimum atomic E-state index is -1.12. The number of hydrogen-bond donors (Lipinski definition) is 2. The first-order valence-electron chi connectivity index (χ1n) is 8.75. The predicted molar refractivity (Wildman–Crippen MR) is 108 cm³/mol. The molecule has 0 rings (SSSR count). The first-order chi connectivity index (χ1) is 11.5. The van der Waals surface area contributed by atoms with E-state index >= 15 is 0 Å². The second-order valence-corrected chi connectivity index (χ2v) is 9.32. The molecule has 0 spiro atoms. The number of unbranched alkanes of at least 4 members (excludes halogenated alkanes) is 9. The van der Waals surface area contributed by atoms with E-state index in [4.69, 9.17) is 22.4 Å². The monoisotopic (exact) mass is 394 g/mol. The van der Waals surface area contributed by atoms with Crippen LogP contribution in [0.4, 0.5) is 0 Å². The summed E-state index contributed by atoms with van der Waals surface area (Å²) in [5, 5.41) is 16.7. The van der Waals surface area contributed by atoms with Crippen LogP contribution >= 0.6 is 35.7 Å². The molecule has 0 bridgehead atoms. The molecule has 0 fully saturated rings. The summed E-state index contributed by atoms with van der Waals surface area (Å²) in [4.78, 5) is 21.6. The average Bonchev–Trinajstić information content (AvgIpc) is 2.51. The van der Waals surface area contributed by atoms with E-state index in [1.165, 1.54) is 69.5 Å². The smallest absolute Gasteiger partial charge is 0.317 e. The number of rotatable bonds is 15. The van der Waals surface area contributed by atoms with Gasteiger partial charge in [-0.05, 0) is 12.2 Å². The molecule has 0 aromatic rings. The van der Waals surface area contributed by atoms with Crippen molar-refractivity contribution in [1.29, 1.82) is 0 Å². The molecule has 140 valence electrons. The normalized spacial score (nSPS) is 12.0. The molecule has 0 aromatic carbocycles. The molecule has 0 aromatic heterocycles. The van der Waals surface area contributed by atoms with Crippen molar-refractivity contribution in [1.82, 2.24) is 0 Å². The third-order valence-corrected chi connectivity index (χ3v) is 6.45. The third-order valence-electron chi connectivity index (χ3n) is 3.59. The summed E-state index contributed by atoms with van der Waals surface area (Å²) < 4.78 is 0.527. The molecular weight excluding hydrogens is 364 g/mol. The summed E-state index contributed by atoms with van der Waals surface area (Å²) >= 11 is 7.58. The van der Waals surface area contributed by atoms with E-state index in [0.717, 1.165) is 23.9 Å². The Bertz CT molecular complexity index is 375. The van der Waals surface area contributed by atoms with Crippen molar-refractivity contribution < 1.29 is 19.8 Å². The van der Waals surface area contributed by atoms with Crippen LogP contribution in [0.3, 0.4) is 0 Å². The molecule has 0 aliphatic rings. The van der Waals surface area contributed by atoms with E-state index in [9.17, 15) is 9.59 Å². The number of carboxylic acids is 2. The van der Waals surface area contributed by atoms with Crippen LogP contribution < -0.4 is 0 Å². The fourth-order valence-electron chi connectivity index (χ4n) is 2.23. The van der Waals surface area contributed by atoms with Gasteiger partial charge in [-0.25, -0.2) is 0 Å². The summed E-state index contributed by atoms with van der Waals surface area (Å²) in [7, 11) is 0. The van der Waals surface area contributed by atoms with Gasteiger partial charge in [-0.3, -0.25) is 9.59 Å². The maximum Gasteiger partial charge on any atom is 0.317 e. The third kappa shape index (κ3) is 15.3. The van der Waals surface area contributed by atoms with E-state index in [1.54, 1.807) is 0 Å². The maximum absolute atomic E-state index is 11.0. The highest BCUT2D eigenvalue weighted by Crippen LogP contribution is 2.25. The lowest BCUT2D eigenvalue weighted by Crippen LogP contribution is -2.21. The first kappa shape index (κ1) is 23.7. The molecule has 0 heterocycles. The molecule has 0 saturated carbocycles. The highest BCUT2D eigenvalue weighted by molar-refractivity contribution is 8.47. The lowest BCUT2D eigenvalue weighted by atomic mass is 10.1. The zero-order chi connectivity index (χ0) is 18.2. The maximum atomic E-state index is 11.0. The van der Waals surface area contributed by atoms with Crippen LogP contribution in [0, 0.1) is 0 Å². The van der Waals surface area contributed by atoms with Crippen LogP contribution in [-0.2, 0) is 9.59 Å². The minimum absolute atomic E-state index is 0.404. The molecule has 0 amide bonds. The zero-order valence-corrected chi connectivity index (χ0v) is 16.9. The molecule has 1 unspecified atom stereocenters. The van der Waals surface area contributed by atoms with Gasteiger partial charge < -0.3 is 10.2 Å². The lowest BCUT2D eigenvalue weighted by molar-refractivity contribution is -0.142. The van der Waals surface area contributed by atoms with Gasteiger partial charge in [0.15, 0.2) is 0 Å². The minimum Gasteiger partial charge on any atom is -0.481 e. The van der Waals surface area contributed by atoms with Gasteiger partial charge in [0, 0.05) is 0 Å². The Kier molecular flexibility index (Phi) is 16.0. The van der Waals surface area contributed by atoms with Crippen molar-refractivity contribution in [2.24, 2.45) is 0 Å². The molecule has 4 nitrogen and oxygen atoms in total. The summed E-state index contributed by atoms with van der Waals surface area (Å²) in [6, 6.07) is 0. The second-order valence-electron chi connectivity index (χ2n) is 5.82. The number of carboxylic acid groups (broad SMARTS) is 2. The van der Waals surface area contributed by atoms with Gasteiger partial charge in [0.25, 0.3) is 0 Å². The first-order valence-corrected chi connectivity index (χ1v) is 11.0. The van der Waals surface area contributed by atoms with Crippen molar-refractivity contribution in [2.75, 3.05) is 5.75 Å². The molecule has 0 aliphatic carbocycles. The van der Waals surface area contributed by atoms with E-state index < -0.39 is 23.6 Å². The molecular formula is C17H30O4S3. The van der Waals surface area contributed by atoms with Crippen molar-refractivity contribution >= 4 is 51.2 Å². The topological polar surface area (TPSA) is 74.6 Å².